The number of carbonyl (C=O) groups is 2. The highest BCUT2D eigenvalue weighted by molar-refractivity contribution is 6.31. The second-order valence-electron chi connectivity index (χ2n) is 5.97. The maximum absolute atomic E-state index is 12.0. The second-order valence-corrected chi connectivity index (χ2v) is 6.38. The van der Waals surface area contributed by atoms with Crippen LogP contribution in [-0.4, -0.2) is 24.1 Å². The minimum Gasteiger partial charge on any atom is -0.481 e. The number of imide groups is 1. The van der Waals surface area contributed by atoms with Gasteiger partial charge in [-0.1, -0.05) is 30.9 Å². The molecule has 23 heavy (non-hydrogen) atoms. The molecule has 1 aliphatic carbocycles. The van der Waals surface area contributed by atoms with Gasteiger partial charge in [-0.05, 0) is 50.5 Å². The summed E-state index contributed by atoms with van der Waals surface area (Å²) in [6.07, 6.45) is 4.62. The smallest absolute Gasteiger partial charge is 0.321 e. The van der Waals surface area contributed by atoms with Gasteiger partial charge in [-0.15, -0.1) is 0 Å². The maximum Gasteiger partial charge on any atom is 0.321 e. The van der Waals surface area contributed by atoms with E-state index in [1.165, 1.54) is 6.42 Å². The summed E-state index contributed by atoms with van der Waals surface area (Å²) in [5, 5.41) is 5.81. The average molecular weight is 339 g/mol. The number of hydrogen-bond donors (Lipinski definition) is 2. The Morgan fingerprint density at radius 2 is 1.96 bits per heavy atom. The van der Waals surface area contributed by atoms with E-state index in [1.807, 2.05) is 6.92 Å². The van der Waals surface area contributed by atoms with Crippen LogP contribution >= 0.6 is 11.6 Å². The fourth-order valence-electron chi connectivity index (χ4n) is 2.63. The van der Waals surface area contributed by atoms with E-state index >= 15 is 0 Å². The Bertz CT molecular complexity index is 571. The molecule has 1 atom stereocenters. The Morgan fingerprint density at radius 1 is 1.26 bits per heavy atom. The van der Waals surface area contributed by atoms with Crippen molar-refractivity contribution >= 4 is 23.5 Å². The lowest BCUT2D eigenvalue weighted by Crippen LogP contribution is -2.48. The number of amides is 3. The molecule has 1 aromatic rings. The van der Waals surface area contributed by atoms with Gasteiger partial charge in [0.2, 0.25) is 0 Å². The van der Waals surface area contributed by atoms with Gasteiger partial charge in [0.25, 0.3) is 5.91 Å². The highest BCUT2D eigenvalue weighted by Gasteiger charge is 2.20. The van der Waals surface area contributed by atoms with Crippen molar-refractivity contribution < 1.29 is 14.3 Å². The molecule has 1 fully saturated rings. The lowest BCUT2D eigenvalue weighted by atomic mass is 9.96. The van der Waals surface area contributed by atoms with Gasteiger partial charge in [-0.3, -0.25) is 10.1 Å². The molecule has 6 heteroatoms. The zero-order valence-electron chi connectivity index (χ0n) is 13.5. The highest BCUT2D eigenvalue weighted by Crippen LogP contribution is 2.22. The lowest BCUT2D eigenvalue weighted by Gasteiger charge is -2.23. The van der Waals surface area contributed by atoms with E-state index in [-0.39, 0.29) is 6.04 Å². The molecule has 1 saturated carbocycles. The van der Waals surface area contributed by atoms with Crippen molar-refractivity contribution in [2.24, 2.45) is 0 Å². The SMILES string of the molecule is Cc1cc(O[C@@H](C)C(=O)NC(=O)NC2CCCCC2)ccc1Cl. The van der Waals surface area contributed by atoms with Gasteiger partial charge in [0.05, 0.1) is 0 Å². The number of nitrogens with one attached hydrogen (secondary N) is 2. The summed E-state index contributed by atoms with van der Waals surface area (Å²) >= 11 is 5.95. The number of urea groups is 1. The molecule has 2 N–H and O–H groups in total. The first-order valence-electron chi connectivity index (χ1n) is 8.00. The van der Waals surface area contributed by atoms with Gasteiger partial charge >= 0.3 is 6.03 Å². The Morgan fingerprint density at radius 3 is 2.61 bits per heavy atom. The van der Waals surface area contributed by atoms with E-state index < -0.39 is 18.0 Å². The van der Waals surface area contributed by atoms with Crippen molar-refractivity contribution in [1.29, 1.82) is 0 Å². The molecule has 3 amide bonds. The Kier molecular flexibility index (Phi) is 6.28. The number of hydrogen-bond acceptors (Lipinski definition) is 3. The van der Waals surface area contributed by atoms with Crippen LogP contribution in [0.25, 0.3) is 0 Å². The number of rotatable bonds is 4. The molecule has 5 nitrogen and oxygen atoms in total. The summed E-state index contributed by atoms with van der Waals surface area (Å²) in [4.78, 5) is 23.9. The molecular weight excluding hydrogens is 316 g/mol. The van der Waals surface area contributed by atoms with E-state index in [4.69, 9.17) is 16.3 Å². The summed E-state index contributed by atoms with van der Waals surface area (Å²) in [5.74, 6) is 0.0770. The molecule has 0 saturated heterocycles. The van der Waals surface area contributed by atoms with Gasteiger partial charge in [0, 0.05) is 11.1 Å². The van der Waals surface area contributed by atoms with E-state index in [0.29, 0.717) is 10.8 Å². The normalized spacial score (nSPS) is 16.5. The van der Waals surface area contributed by atoms with Crippen LogP contribution in [0, 0.1) is 6.92 Å². The third-order valence-corrected chi connectivity index (χ3v) is 4.41. The first kappa shape index (κ1) is 17.6. The quantitative estimate of drug-likeness (QED) is 0.881. The summed E-state index contributed by atoms with van der Waals surface area (Å²) < 4.78 is 5.55. The van der Waals surface area contributed by atoms with Crippen LogP contribution in [0.5, 0.6) is 5.75 Å². The van der Waals surface area contributed by atoms with E-state index in [2.05, 4.69) is 10.6 Å². The topological polar surface area (TPSA) is 67.4 Å². The second kappa shape index (κ2) is 8.20. The number of ether oxygens (including phenoxy) is 1. The third-order valence-electron chi connectivity index (χ3n) is 3.99. The van der Waals surface area contributed by atoms with Crippen LogP contribution in [-0.2, 0) is 4.79 Å². The van der Waals surface area contributed by atoms with Gasteiger partial charge in [0.15, 0.2) is 6.10 Å². The van der Waals surface area contributed by atoms with Gasteiger partial charge in [-0.2, -0.15) is 0 Å². The van der Waals surface area contributed by atoms with Crippen LogP contribution in [0.15, 0.2) is 18.2 Å². The number of halogens is 1. The van der Waals surface area contributed by atoms with Gasteiger partial charge in [0.1, 0.15) is 5.75 Å². The molecule has 1 aromatic carbocycles. The predicted octanol–water partition coefficient (Wildman–Crippen LogP) is 3.57. The first-order valence-corrected chi connectivity index (χ1v) is 8.37. The van der Waals surface area contributed by atoms with Gasteiger partial charge in [-0.25, -0.2) is 4.79 Å². The minimum absolute atomic E-state index is 0.159. The predicted molar refractivity (Wildman–Crippen MR) is 89.8 cm³/mol. The third kappa shape index (κ3) is 5.43. The first-order chi connectivity index (χ1) is 11.0. The van der Waals surface area contributed by atoms with Crippen molar-refractivity contribution in [1.82, 2.24) is 10.6 Å². The van der Waals surface area contributed by atoms with Crippen LogP contribution in [0.1, 0.15) is 44.6 Å². The fraction of sp³-hybridized carbons (Fsp3) is 0.529. The molecular formula is C17H23ClN2O3. The van der Waals surface area contributed by atoms with Gasteiger partial charge < -0.3 is 10.1 Å². The van der Waals surface area contributed by atoms with E-state index in [9.17, 15) is 9.59 Å². The zero-order valence-corrected chi connectivity index (χ0v) is 14.3. The van der Waals surface area contributed by atoms with E-state index in [0.717, 1.165) is 31.2 Å². The molecule has 0 aromatic heterocycles. The number of carbonyl (C=O) groups excluding carboxylic acids is 2. The molecule has 0 heterocycles. The Hall–Kier alpha value is -1.75. The standard InChI is InChI=1S/C17H23ClN2O3/c1-11-10-14(8-9-15(11)18)23-12(2)16(21)20-17(22)19-13-6-4-3-5-7-13/h8-10,12-13H,3-7H2,1-2H3,(H2,19,20,21,22)/t12-/m0/s1. The van der Waals surface area contributed by atoms with Crippen molar-refractivity contribution in [2.75, 3.05) is 0 Å². The summed E-state index contributed by atoms with van der Waals surface area (Å²) in [5.41, 5.74) is 0.867. The van der Waals surface area contributed by atoms with Crippen molar-refractivity contribution in [3.63, 3.8) is 0 Å². The molecule has 0 unspecified atom stereocenters. The van der Waals surface area contributed by atoms with E-state index in [1.54, 1.807) is 25.1 Å². The highest BCUT2D eigenvalue weighted by atomic mass is 35.5. The monoisotopic (exact) mass is 338 g/mol. The maximum atomic E-state index is 12.0. The fourth-order valence-corrected chi connectivity index (χ4v) is 2.75. The molecule has 0 aliphatic heterocycles. The molecule has 2 rings (SSSR count). The molecule has 0 spiro atoms. The minimum atomic E-state index is -0.771. The van der Waals surface area contributed by atoms with Crippen molar-refractivity contribution in [3.05, 3.63) is 28.8 Å². The van der Waals surface area contributed by atoms with Crippen LogP contribution in [0.2, 0.25) is 5.02 Å². The molecule has 0 radical (unpaired) electrons. The van der Waals surface area contributed by atoms with Crippen molar-refractivity contribution in [2.45, 2.75) is 58.1 Å². The van der Waals surface area contributed by atoms with Crippen molar-refractivity contribution in [3.8, 4) is 5.75 Å². The Balaban J connectivity index is 1.81. The average Bonchev–Trinajstić information content (AvgIpc) is 2.51. The zero-order chi connectivity index (χ0) is 16.8. The number of benzene rings is 1. The number of aryl methyl sites for hydroxylation is 1. The van der Waals surface area contributed by atoms with Crippen LogP contribution in [0.3, 0.4) is 0 Å². The largest absolute Gasteiger partial charge is 0.481 e. The summed E-state index contributed by atoms with van der Waals surface area (Å²) in [7, 11) is 0. The molecule has 0 bridgehead atoms. The van der Waals surface area contributed by atoms with Crippen LogP contribution in [0.4, 0.5) is 4.79 Å². The summed E-state index contributed by atoms with van der Waals surface area (Å²) in [6.45, 7) is 3.46. The Labute approximate surface area is 141 Å². The molecule has 126 valence electrons. The summed E-state index contributed by atoms with van der Waals surface area (Å²) in [6, 6.07) is 4.87. The lowest BCUT2D eigenvalue weighted by molar-refractivity contribution is -0.126. The van der Waals surface area contributed by atoms with Crippen LogP contribution < -0.4 is 15.4 Å². The molecule has 1 aliphatic rings.